The molecule has 1 aromatic carbocycles. The summed E-state index contributed by atoms with van der Waals surface area (Å²) < 4.78 is 3.42. The quantitative estimate of drug-likeness (QED) is 0.795. The Morgan fingerprint density at radius 1 is 1.24 bits per heavy atom. The van der Waals surface area contributed by atoms with Crippen molar-refractivity contribution in [3.63, 3.8) is 0 Å². The van der Waals surface area contributed by atoms with Gasteiger partial charge in [0.2, 0.25) is 0 Å². The van der Waals surface area contributed by atoms with Crippen molar-refractivity contribution < 1.29 is 9.90 Å². The first kappa shape index (κ1) is 13.1. The second kappa shape index (κ2) is 5.24. The summed E-state index contributed by atoms with van der Waals surface area (Å²) in [6, 6.07) is 11.7. The zero-order valence-corrected chi connectivity index (χ0v) is 11.5. The lowest BCUT2D eigenvalue weighted by molar-refractivity contribution is 0.0696. The molecule has 3 aromatic rings. The monoisotopic (exact) mass is 282 g/mol. The molecule has 106 valence electrons. The molecule has 0 radical (unpaired) electrons. The fourth-order valence-corrected chi connectivity index (χ4v) is 2.14. The molecule has 3 rings (SSSR count). The predicted octanol–water partition coefficient (Wildman–Crippen LogP) is 2.12. The molecule has 6 nitrogen and oxygen atoms in total. The Kier molecular flexibility index (Phi) is 3.27. The van der Waals surface area contributed by atoms with Crippen LogP contribution in [0.25, 0.3) is 5.69 Å². The van der Waals surface area contributed by atoms with Crippen molar-refractivity contribution >= 4 is 5.97 Å². The Morgan fingerprint density at radius 3 is 2.67 bits per heavy atom. The fourth-order valence-electron chi connectivity index (χ4n) is 2.14. The van der Waals surface area contributed by atoms with Gasteiger partial charge in [0.15, 0.2) is 0 Å². The Hall–Kier alpha value is -2.89. The SMILES string of the molecule is Cc1c(C(=O)O)cnn1Cc1ccn(-c2ccccc2)n1. The van der Waals surface area contributed by atoms with Gasteiger partial charge in [0.1, 0.15) is 5.56 Å². The topological polar surface area (TPSA) is 72.9 Å². The molecule has 2 heterocycles. The molecule has 0 spiro atoms. The molecule has 0 aliphatic rings. The van der Waals surface area contributed by atoms with E-state index >= 15 is 0 Å². The molecule has 0 unspecified atom stereocenters. The van der Waals surface area contributed by atoms with E-state index in [9.17, 15) is 4.79 Å². The molecular formula is C15H14N4O2. The number of para-hydroxylation sites is 1. The Bertz CT molecular complexity index is 774. The van der Waals surface area contributed by atoms with Crippen molar-refractivity contribution in [2.45, 2.75) is 13.5 Å². The highest BCUT2D eigenvalue weighted by Crippen LogP contribution is 2.11. The van der Waals surface area contributed by atoms with Crippen LogP contribution in [0.4, 0.5) is 0 Å². The second-order valence-corrected chi connectivity index (χ2v) is 4.69. The zero-order chi connectivity index (χ0) is 14.8. The molecule has 0 fully saturated rings. The summed E-state index contributed by atoms with van der Waals surface area (Å²) in [4.78, 5) is 11.0. The van der Waals surface area contributed by atoms with Crippen molar-refractivity contribution in [3.05, 3.63) is 65.7 Å². The summed E-state index contributed by atoms with van der Waals surface area (Å²) in [5.74, 6) is -0.964. The Labute approximate surface area is 121 Å². The van der Waals surface area contributed by atoms with E-state index in [0.29, 0.717) is 12.2 Å². The normalized spacial score (nSPS) is 10.7. The summed E-state index contributed by atoms with van der Waals surface area (Å²) >= 11 is 0. The number of rotatable bonds is 4. The minimum atomic E-state index is -0.964. The summed E-state index contributed by atoms with van der Waals surface area (Å²) in [6.45, 7) is 2.18. The van der Waals surface area contributed by atoms with E-state index in [2.05, 4.69) is 10.2 Å². The van der Waals surface area contributed by atoms with Crippen LogP contribution < -0.4 is 0 Å². The molecule has 0 aliphatic carbocycles. The van der Waals surface area contributed by atoms with Gasteiger partial charge < -0.3 is 5.11 Å². The van der Waals surface area contributed by atoms with Crippen molar-refractivity contribution in [3.8, 4) is 5.69 Å². The van der Waals surface area contributed by atoms with Crippen molar-refractivity contribution in [2.75, 3.05) is 0 Å². The van der Waals surface area contributed by atoms with Crippen LogP contribution in [-0.2, 0) is 6.54 Å². The average molecular weight is 282 g/mol. The fraction of sp³-hybridized carbons (Fsp3) is 0.133. The largest absolute Gasteiger partial charge is 0.478 e. The molecule has 0 amide bonds. The average Bonchev–Trinajstić information content (AvgIpc) is 3.08. The van der Waals surface area contributed by atoms with E-state index in [0.717, 1.165) is 11.4 Å². The first-order chi connectivity index (χ1) is 10.1. The maximum atomic E-state index is 11.0. The number of aromatic nitrogens is 4. The third-order valence-corrected chi connectivity index (χ3v) is 3.31. The third kappa shape index (κ3) is 2.55. The number of carboxylic acid groups (broad SMARTS) is 1. The summed E-state index contributed by atoms with van der Waals surface area (Å²) in [7, 11) is 0. The highest BCUT2D eigenvalue weighted by molar-refractivity contribution is 5.88. The molecule has 0 saturated heterocycles. The first-order valence-electron chi connectivity index (χ1n) is 6.51. The number of carbonyl (C=O) groups is 1. The lowest BCUT2D eigenvalue weighted by Gasteiger charge is -2.03. The van der Waals surface area contributed by atoms with Crippen molar-refractivity contribution in [1.29, 1.82) is 0 Å². The number of hydrogen-bond donors (Lipinski definition) is 1. The minimum Gasteiger partial charge on any atom is -0.478 e. The zero-order valence-electron chi connectivity index (χ0n) is 11.5. The number of carboxylic acids is 1. The molecule has 2 aromatic heterocycles. The van der Waals surface area contributed by atoms with Gasteiger partial charge in [0, 0.05) is 6.20 Å². The Balaban J connectivity index is 1.84. The van der Waals surface area contributed by atoms with Gasteiger partial charge >= 0.3 is 5.97 Å². The summed E-state index contributed by atoms with van der Waals surface area (Å²) in [6.07, 6.45) is 3.24. The standard InChI is InChI=1S/C15H14N4O2/c1-11-14(15(20)21)9-16-19(11)10-12-7-8-18(17-12)13-5-3-2-4-6-13/h2-9H,10H2,1H3,(H,20,21). The molecule has 0 saturated carbocycles. The van der Waals surface area contributed by atoms with Crippen LogP contribution >= 0.6 is 0 Å². The number of nitrogens with zero attached hydrogens (tertiary/aromatic N) is 4. The molecule has 6 heteroatoms. The molecule has 0 bridgehead atoms. The van der Waals surface area contributed by atoms with Gasteiger partial charge in [-0.2, -0.15) is 10.2 Å². The van der Waals surface area contributed by atoms with E-state index in [1.165, 1.54) is 6.20 Å². The van der Waals surface area contributed by atoms with Crippen LogP contribution in [0.1, 0.15) is 21.7 Å². The lowest BCUT2D eigenvalue weighted by Crippen LogP contribution is -2.07. The van der Waals surface area contributed by atoms with Crippen LogP contribution in [0, 0.1) is 6.92 Å². The smallest absolute Gasteiger partial charge is 0.339 e. The van der Waals surface area contributed by atoms with E-state index in [4.69, 9.17) is 5.11 Å². The summed E-state index contributed by atoms with van der Waals surface area (Å²) in [5, 5.41) is 17.6. The first-order valence-corrected chi connectivity index (χ1v) is 6.51. The maximum Gasteiger partial charge on any atom is 0.339 e. The highest BCUT2D eigenvalue weighted by Gasteiger charge is 2.13. The van der Waals surface area contributed by atoms with Crippen molar-refractivity contribution in [2.24, 2.45) is 0 Å². The lowest BCUT2D eigenvalue weighted by atomic mass is 10.2. The van der Waals surface area contributed by atoms with Gasteiger partial charge in [-0.25, -0.2) is 9.48 Å². The van der Waals surface area contributed by atoms with Gasteiger partial charge in [0.05, 0.1) is 29.8 Å². The molecule has 0 aliphatic heterocycles. The van der Waals surface area contributed by atoms with E-state index < -0.39 is 5.97 Å². The van der Waals surface area contributed by atoms with Crippen LogP contribution in [0.15, 0.2) is 48.8 Å². The van der Waals surface area contributed by atoms with Gasteiger partial charge in [-0.15, -0.1) is 0 Å². The maximum absolute atomic E-state index is 11.0. The molecular weight excluding hydrogens is 268 g/mol. The van der Waals surface area contributed by atoms with Crippen molar-refractivity contribution in [1.82, 2.24) is 19.6 Å². The summed E-state index contributed by atoms with van der Waals surface area (Å²) in [5.41, 5.74) is 2.64. The van der Waals surface area contributed by atoms with Crippen LogP contribution in [-0.4, -0.2) is 30.6 Å². The highest BCUT2D eigenvalue weighted by atomic mass is 16.4. The van der Waals surface area contributed by atoms with E-state index in [-0.39, 0.29) is 5.56 Å². The second-order valence-electron chi connectivity index (χ2n) is 4.69. The molecule has 0 atom stereocenters. The van der Waals surface area contributed by atoms with Gasteiger partial charge in [0.25, 0.3) is 0 Å². The third-order valence-electron chi connectivity index (χ3n) is 3.31. The van der Waals surface area contributed by atoms with E-state index in [1.807, 2.05) is 42.6 Å². The van der Waals surface area contributed by atoms with Gasteiger partial charge in [-0.1, -0.05) is 18.2 Å². The number of benzene rings is 1. The van der Waals surface area contributed by atoms with Crippen LogP contribution in [0.3, 0.4) is 0 Å². The van der Waals surface area contributed by atoms with E-state index in [1.54, 1.807) is 16.3 Å². The minimum absolute atomic E-state index is 0.220. The molecule has 21 heavy (non-hydrogen) atoms. The van der Waals surface area contributed by atoms with Gasteiger partial charge in [-0.3, -0.25) is 4.68 Å². The van der Waals surface area contributed by atoms with Crippen LogP contribution in [0.5, 0.6) is 0 Å². The number of hydrogen-bond acceptors (Lipinski definition) is 3. The molecule has 1 N–H and O–H groups in total. The van der Waals surface area contributed by atoms with Gasteiger partial charge in [-0.05, 0) is 25.1 Å². The number of aromatic carboxylic acids is 1. The predicted molar refractivity (Wildman–Crippen MR) is 76.6 cm³/mol. The Morgan fingerprint density at radius 2 is 2.00 bits per heavy atom. The van der Waals surface area contributed by atoms with Crippen LogP contribution in [0.2, 0.25) is 0 Å².